The highest BCUT2D eigenvalue weighted by Crippen LogP contribution is 2.22. The first-order valence-corrected chi connectivity index (χ1v) is 5.50. The molecule has 1 amide bonds. The fourth-order valence-electron chi connectivity index (χ4n) is 1.41. The van der Waals surface area contributed by atoms with Crippen molar-refractivity contribution in [2.45, 2.75) is 19.3 Å². The molecule has 1 aromatic heterocycles. The van der Waals surface area contributed by atoms with Gasteiger partial charge in [-0.1, -0.05) is 0 Å². The second-order valence-electron chi connectivity index (χ2n) is 3.89. The standard InChI is InChI=1S/C13H17N3O/c1-4-5-6-7-13(17)15-11-8-9-14-10-12(11)16(2)3/h1,8-10H,5-7H2,2-3H3,(H,14,15,17). The molecule has 0 aliphatic carbocycles. The molecule has 0 saturated heterocycles. The second kappa shape index (κ2) is 6.54. The van der Waals surface area contributed by atoms with Gasteiger partial charge in [0.2, 0.25) is 5.91 Å². The Balaban J connectivity index is 2.62. The van der Waals surface area contributed by atoms with Crippen LogP contribution in [0.3, 0.4) is 0 Å². The van der Waals surface area contributed by atoms with E-state index in [1.165, 1.54) is 0 Å². The number of anilines is 2. The van der Waals surface area contributed by atoms with Crippen LogP contribution in [0.5, 0.6) is 0 Å². The second-order valence-corrected chi connectivity index (χ2v) is 3.89. The molecule has 1 N–H and O–H groups in total. The van der Waals surface area contributed by atoms with Crippen molar-refractivity contribution < 1.29 is 4.79 Å². The van der Waals surface area contributed by atoms with Crippen LogP contribution in [0.4, 0.5) is 11.4 Å². The number of carbonyl (C=O) groups is 1. The molecule has 4 nitrogen and oxygen atoms in total. The molecule has 0 aliphatic heterocycles. The molecule has 1 rings (SSSR count). The molecule has 1 aromatic rings. The monoisotopic (exact) mass is 231 g/mol. The van der Waals surface area contributed by atoms with Crippen molar-refractivity contribution in [2.75, 3.05) is 24.3 Å². The smallest absolute Gasteiger partial charge is 0.224 e. The molecule has 0 aliphatic rings. The summed E-state index contributed by atoms with van der Waals surface area (Å²) in [7, 11) is 3.82. The molecule has 1 heterocycles. The Morgan fingerprint density at radius 3 is 3.00 bits per heavy atom. The number of hydrogen-bond acceptors (Lipinski definition) is 3. The van der Waals surface area contributed by atoms with Crippen LogP contribution < -0.4 is 10.2 Å². The molecular formula is C13H17N3O. The number of unbranched alkanes of at least 4 members (excludes halogenated alkanes) is 1. The molecule has 0 unspecified atom stereocenters. The van der Waals surface area contributed by atoms with Gasteiger partial charge >= 0.3 is 0 Å². The topological polar surface area (TPSA) is 45.2 Å². The van der Waals surface area contributed by atoms with E-state index in [1.54, 1.807) is 18.5 Å². The van der Waals surface area contributed by atoms with E-state index < -0.39 is 0 Å². The summed E-state index contributed by atoms with van der Waals surface area (Å²) in [4.78, 5) is 17.6. The first-order valence-electron chi connectivity index (χ1n) is 5.50. The van der Waals surface area contributed by atoms with Crippen molar-refractivity contribution in [3.05, 3.63) is 18.5 Å². The zero-order chi connectivity index (χ0) is 12.7. The number of nitrogens with zero attached hydrogens (tertiary/aromatic N) is 2. The van der Waals surface area contributed by atoms with Crippen LogP contribution in [0.25, 0.3) is 0 Å². The van der Waals surface area contributed by atoms with Gasteiger partial charge in [-0.25, -0.2) is 0 Å². The predicted molar refractivity (Wildman–Crippen MR) is 69.9 cm³/mol. The van der Waals surface area contributed by atoms with E-state index in [0.29, 0.717) is 19.3 Å². The average molecular weight is 231 g/mol. The van der Waals surface area contributed by atoms with Crippen molar-refractivity contribution in [1.29, 1.82) is 0 Å². The number of hydrogen-bond donors (Lipinski definition) is 1. The minimum Gasteiger partial charge on any atom is -0.375 e. The largest absolute Gasteiger partial charge is 0.375 e. The number of terminal acetylenes is 1. The fourth-order valence-corrected chi connectivity index (χ4v) is 1.41. The Morgan fingerprint density at radius 1 is 1.59 bits per heavy atom. The predicted octanol–water partition coefficient (Wildman–Crippen LogP) is 1.89. The van der Waals surface area contributed by atoms with E-state index in [2.05, 4.69) is 16.2 Å². The van der Waals surface area contributed by atoms with Crippen LogP contribution in [-0.4, -0.2) is 25.0 Å². The van der Waals surface area contributed by atoms with E-state index in [0.717, 1.165) is 11.4 Å². The lowest BCUT2D eigenvalue weighted by molar-refractivity contribution is -0.116. The van der Waals surface area contributed by atoms with Crippen LogP contribution in [0.15, 0.2) is 18.5 Å². The van der Waals surface area contributed by atoms with Crippen molar-refractivity contribution in [3.8, 4) is 12.3 Å². The van der Waals surface area contributed by atoms with Crippen LogP contribution in [0, 0.1) is 12.3 Å². The number of rotatable bonds is 5. The van der Waals surface area contributed by atoms with Gasteiger partial charge in [0.15, 0.2) is 0 Å². The Bertz CT molecular complexity index is 421. The number of aromatic nitrogens is 1. The fraction of sp³-hybridized carbons (Fsp3) is 0.385. The number of amides is 1. The molecule has 0 radical (unpaired) electrons. The van der Waals surface area contributed by atoms with Crippen LogP contribution in [0.2, 0.25) is 0 Å². The van der Waals surface area contributed by atoms with Gasteiger partial charge in [-0.3, -0.25) is 9.78 Å². The van der Waals surface area contributed by atoms with E-state index in [9.17, 15) is 4.79 Å². The third kappa shape index (κ3) is 4.15. The lowest BCUT2D eigenvalue weighted by atomic mass is 10.2. The highest BCUT2D eigenvalue weighted by Gasteiger charge is 2.07. The van der Waals surface area contributed by atoms with E-state index in [4.69, 9.17) is 6.42 Å². The number of carbonyl (C=O) groups excluding carboxylic acids is 1. The summed E-state index contributed by atoms with van der Waals surface area (Å²) in [5.74, 6) is 2.50. The molecule has 0 fully saturated rings. The van der Waals surface area contributed by atoms with Crippen molar-refractivity contribution >= 4 is 17.3 Å². The molecule has 0 spiro atoms. The maximum absolute atomic E-state index is 11.6. The molecule has 0 aromatic carbocycles. The summed E-state index contributed by atoms with van der Waals surface area (Å²) in [6.07, 6.45) is 10.3. The Labute approximate surface area is 102 Å². The zero-order valence-corrected chi connectivity index (χ0v) is 10.2. The molecule has 0 atom stereocenters. The van der Waals surface area contributed by atoms with Gasteiger partial charge in [0.05, 0.1) is 17.6 Å². The van der Waals surface area contributed by atoms with Crippen LogP contribution in [-0.2, 0) is 4.79 Å². The molecule has 90 valence electrons. The Hall–Kier alpha value is -2.02. The van der Waals surface area contributed by atoms with Gasteiger partial charge < -0.3 is 10.2 Å². The minimum absolute atomic E-state index is 0.0189. The average Bonchev–Trinajstić information content (AvgIpc) is 2.29. The molecule has 0 saturated carbocycles. The quantitative estimate of drug-likeness (QED) is 0.621. The first kappa shape index (κ1) is 13.0. The number of nitrogens with one attached hydrogen (secondary N) is 1. The van der Waals surface area contributed by atoms with Gasteiger partial charge in [0.25, 0.3) is 0 Å². The summed E-state index contributed by atoms with van der Waals surface area (Å²) in [6, 6.07) is 1.79. The molecule has 0 bridgehead atoms. The normalized spacial score (nSPS) is 9.47. The van der Waals surface area contributed by atoms with Gasteiger partial charge in [0.1, 0.15) is 0 Å². The highest BCUT2D eigenvalue weighted by atomic mass is 16.1. The summed E-state index contributed by atoms with van der Waals surface area (Å²) in [5, 5.41) is 2.86. The minimum atomic E-state index is -0.0189. The van der Waals surface area contributed by atoms with Crippen LogP contribution in [0.1, 0.15) is 19.3 Å². The molecule has 17 heavy (non-hydrogen) atoms. The SMILES string of the molecule is C#CCCCC(=O)Nc1ccncc1N(C)C. The highest BCUT2D eigenvalue weighted by molar-refractivity contribution is 5.94. The van der Waals surface area contributed by atoms with Crippen molar-refractivity contribution in [2.24, 2.45) is 0 Å². The third-order valence-electron chi connectivity index (χ3n) is 2.28. The van der Waals surface area contributed by atoms with Crippen molar-refractivity contribution in [3.63, 3.8) is 0 Å². The van der Waals surface area contributed by atoms with Gasteiger partial charge in [-0.2, -0.15) is 0 Å². The summed E-state index contributed by atoms with van der Waals surface area (Å²) < 4.78 is 0. The summed E-state index contributed by atoms with van der Waals surface area (Å²) in [6.45, 7) is 0. The zero-order valence-electron chi connectivity index (χ0n) is 10.2. The van der Waals surface area contributed by atoms with Crippen LogP contribution >= 0.6 is 0 Å². The first-order chi connectivity index (χ1) is 8.15. The third-order valence-corrected chi connectivity index (χ3v) is 2.28. The lowest BCUT2D eigenvalue weighted by Crippen LogP contribution is -2.16. The van der Waals surface area contributed by atoms with E-state index >= 15 is 0 Å². The Morgan fingerprint density at radius 2 is 2.35 bits per heavy atom. The molecular weight excluding hydrogens is 214 g/mol. The van der Waals surface area contributed by atoms with Gasteiger partial charge in [-0.15, -0.1) is 12.3 Å². The number of pyridine rings is 1. The van der Waals surface area contributed by atoms with Gasteiger partial charge in [-0.05, 0) is 12.5 Å². The lowest BCUT2D eigenvalue weighted by Gasteiger charge is -2.16. The van der Waals surface area contributed by atoms with E-state index in [1.807, 2.05) is 19.0 Å². The summed E-state index contributed by atoms with van der Waals surface area (Å²) in [5.41, 5.74) is 1.66. The van der Waals surface area contributed by atoms with E-state index in [-0.39, 0.29) is 5.91 Å². The summed E-state index contributed by atoms with van der Waals surface area (Å²) >= 11 is 0. The maximum atomic E-state index is 11.6. The van der Waals surface area contributed by atoms with Gasteiger partial charge in [0, 0.05) is 33.1 Å². The Kier molecular flexibility index (Phi) is 5.02. The molecule has 4 heteroatoms. The van der Waals surface area contributed by atoms with Crippen molar-refractivity contribution in [1.82, 2.24) is 4.98 Å². The maximum Gasteiger partial charge on any atom is 0.224 e.